The molecule has 7 rings (SSSR count). The molecule has 2 aromatic heterocycles. The molecule has 0 saturated heterocycles. The zero-order valence-electron chi connectivity index (χ0n) is 21.0. The number of aryl methyl sites for hydroxylation is 1. The quantitative estimate of drug-likeness (QED) is 0.248. The summed E-state index contributed by atoms with van der Waals surface area (Å²) in [4.78, 5) is 9.69. The van der Waals surface area contributed by atoms with Gasteiger partial charge in [0, 0.05) is 33.3 Å². The van der Waals surface area contributed by atoms with Gasteiger partial charge in [0.1, 0.15) is 0 Å². The van der Waals surface area contributed by atoms with E-state index < -0.39 is 0 Å². The van der Waals surface area contributed by atoms with E-state index in [1.165, 1.54) is 32.9 Å². The van der Waals surface area contributed by atoms with E-state index in [9.17, 15) is 0 Å². The second-order valence-corrected chi connectivity index (χ2v) is 9.58. The third-order valence-electron chi connectivity index (χ3n) is 7.11. The zero-order valence-corrected chi connectivity index (χ0v) is 21.0. The Morgan fingerprint density at radius 2 is 1.00 bits per heavy atom. The van der Waals surface area contributed by atoms with Crippen molar-refractivity contribution in [2.75, 3.05) is 0 Å². The summed E-state index contributed by atoms with van der Waals surface area (Å²) in [7, 11) is 0. The molecule has 0 radical (unpaired) electrons. The van der Waals surface area contributed by atoms with Crippen molar-refractivity contribution in [2.24, 2.45) is 0 Å². The van der Waals surface area contributed by atoms with Crippen LogP contribution in [0.5, 0.6) is 0 Å². The van der Waals surface area contributed by atoms with Crippen molar-refractivity contribution in [3.8, 4) is 39.5 Å². The summed E-state index contributed by atoms with van der Waals surface area (Å²) < 4.78 is 2.33. The van der Waals surface area contributed by atoms with Crippen LogP contribution < -0.4 is 0 Å². The Morgan fingerprint density at radius 3 is 1.66 bits per heavy atom. The molecule has 0 fully saturated rings. The van der Waals surface area contributed by atoms with E-state index in [1.54, 1.807) is 0 Å². The van der Waals surface area contributed by atoms with E-state index >= 15 is 0 Å². The maximum atomic E-state index is 4.95. The molecule has 0 amide bonds. The average Bonchev–Trinajstić information content (AvgIpc) is 3.32. The number of benzene rings is 5. The third-order valence-corrected chi connectivity index (χ3v) is 7.11. The normalized spacial score (nSPS) is 11.3. The Balaban J connectivity index is 1.25. The molecule has 0 atom stereocenters. The standard InChI is InChI=1S/C35H25N3/c1-24-23-32(37-35(36-24)28-17-15-26(16-18-28)25-9-3-2-4-10-25)27-19-21-29(22-20-27)38-33-13-7-5-11-30(33)31-12-6-8-14-34(31)38/h2-23H,1H3. The fourth-order valence-electron chi connectivity index (χ4n) is 5.27. The van der Waals surface area contributed by atoms with Gasteiger partial charge in [0.2, 0.25) is 0 Å². The minimum absolute atomic E-state index is 0.742. The van der Waals surface area contributed by atoms with Gasteiger partial charge in [0.05, 0.1) is 16.7 Å². The molecule has 3 nitrogen and oxygen atoms in total. The van der Waals surface area contributed by atoms with Gasteiger partial charge in [-0.3, -0.25) is 0 Å². The molecule has 180 valence electrons. The number of hydrogen-bond donors (Lipinski definition) is 0. The predicted molar refractivity (Wildman–Crippen MR) is 157 cm³/mol. The number of nitrogens with zero attached hydrogens (tertiary/aromatic N) is 3. The molecular weight excluding hydrogens is 462 g/mol. The Morgan fingerprint density at radius 1 is 0.474 bits per heavy atom. The van der Waals surface area contributed by atoms with E-state index in [2.05, 4.69) is 132 Å². The molecule has 3 heteroatoms. The summed E-state index contributed by atoms with van der Waals surface area (Å²) in [6.07, 6.45) is 0. The van der Waals surface area contributed by atoms with Crippen LogP contribution in [0.4, 0.5) is 0 Å². The van der Waals surface area contributed by atoms with Crippen LogP contribution in [0.3, 0.4) is 0 Å². The monoisotopic (exact) mass is 487 g/mol. The molecule has 0 aliphatic heterocycles. The van der Waals surface area contributed by atoms with Crippen molar-refractivity contribution in [3.05, 3.63) is 139 Å². The lowest BCUT2D eigenvalue weighted by atomic mass is 10.0. The van der Waals surface area contributed by atoms with Crippen LogP contribution in [0, 0.1) is 6.92 Å². The second-order valence-electron chi connectivity index (χ2n) is 9.58. The maximum Gasteiger partial charge on any atom is 0.160 e. The Kier molecular flexibility index (Phi) is 5.33. The summed E-state index contributed by atoms with van der Waals surface area (Å²) in [6, 6.07) is 46.8. The van der Waals surface area contributed by atoms with Crippen molar-refractivity contribution < 1.29 is 0 Å². The molecule has 0 saturated carbocycles. The first-order chi connectivity index (χ1) is 18.7. The number of aromatic nitrogens is 3. The van der Waals surface area contributed by atoms with Gasteiger partial charge in [-0.25, -0.2) is 9.97 Å². The highest BCUT2D eigenvalue weighted by Gasteiger charge is 2.12. The number of rotatable bonds is 4. The predicted octanol–water partition coefficient (Wildman–Crippen LogP) is 8.88. The molecule has 0 N–H and O–H groups in total. The van der Waals surface area contributed by atoms with Crippen LogP contribution in [-0.4, -0.2) is 14.5 Å². The lowest BCUT2D eigenvalue weighted by Gasteiger charge is -2.10. The highest BCUT2D eigenvalue weighted by Crippen LogP contribution is 2.33. The fourth-order valence-corrected chi connectivity index (χ4v) is 5.27. The van der Waals surface area contributed by atoms with Gasteiger partial charge in [0.25, 0.3) is 0 Å². The van der Waals surface area contributed by atoms with E-state index in [-0.39, 0.29) is 0 Å². The third kappa shape index (κ3) is 3.86. The van der Waals surface area contributed by atoms with Crippen molar-refractivity contribution in [1.82, 2.24) is 14.5 Å². The molecule has 7 aromatic rings. The number of para-hydroxylation sites is 2. The Hall–Kier alpha value is -5.02. The van der Waals surface area contributed by atoms with Crippen LogP contribution in [0.2, 0.25) is 0 Å². The van der Waals surface area contributed by atoms with Crippen molar-refractivity contribution in [1.29, 1.82) is 0 Å². The molecule has 0 aliphatic carbocycles. The average molecular weight is 488 g/mol. The number of hydrogen-bond acceptors (Lipinski definition) is 2. The SMILES string of the molecule is Cc1cc(-c2ccc(-n3c4ccccc4c4ccccc43)cc2)nc(-c2ccc(-c3ccccc3)cc2)n1. The van der Waals surface area contributed by atoms with Gasteiger partial charge < -0.3 is 4.57 Å². The van der Waals surface area contributed by atoms with Crippen molar-refractivity contribution in [3.63, 3.8) is 0 Å². The lowest BCUT2D eigenvalue weighted by Crippen LogP contribution is -1.96. The first-order valence-corrected chi connectivity index (χ1v) is 12.9. The first kappa shape index (κ1) is 22.2. The highest BCUT2D eigenvalue weighted by molar-refractivity contribution is 6.09. The maximum absolute atomic E-state index is 4.95. The molecule has 2 heterocycles. The van der Waals surface area contributed by atoms with Gasteiger partial charge in [-0.15, -0.1) is 0 Å². The highest BCUT2D eigenvalue weighted by atomic mass is 15.0. The van der Waals surface area contributed by atoms with E-state index in [0.717, 1.165) is 34.0 Å². The first-order valence-electron chi connectivity index (χ1n) is 12.9. The van der Waals surface area contributed by atoms with Crippen molar-refractivity contribution in [2.45, 2.75) is 6.92 Å². The van der Waals surface area contributed by atoms with Gasteiger partial charge >= 0.3 is 0 Å². The van der Waals surface area contributed by atoms with Crippen LogP contribution in [0.15, 0.2) is 133 Å². The van der Waals surface area contributed by atoms with Crippen LogP contribution in [-0.2, 0) is 0 Å². The summed E-state index contributed by atoms with van der Waals surface area (Å²) in [5.41, 5.74) is 9.89. The summed E-state index contributed by atoms with van der Waals surface area (Å²) in [5, 5.41) is 2.53. The smallest absolute Gasteiger partial charge is 0.160 e. The van der Waals surface area contributed by atoms with E-state index in [1.807, 2.05) is 13.0 Å². The van der Waals surface area contributed by atoms with Gasteiger partial charge in [0.15, 0.2) is 5.82 Å². The minimum Gasteiger partial charge on any atom is -0.309 e. The molecule has 0 unspecified atom stereocenters. The largest absolute Gasteiger partial charge is 0.309 e. The second kappa shape index (κ2) is 9.13. The molecule has 0 aliphatic rings. The van der Waals surface area contributed by atoms with E-state index in [0.29, 0.717) is 0 Å². The molecule has 5 aromatic carbocycles. The molecular formula is C35H25N3. The molecule has 38 heavy (non-hydrogen) atoms. The van der Waals surface area contributed by atoms with Crippen LogP contribution in [0.1, 0.15) is 5.69 Å². The lowest BCUT2D eigenvalue weighted by molar-refractivity contribution is 1.11. The zero-order chi connectivity index (χ0) is 25.5. The van der Waals surface area contributed by atoms with Crippen molar-refractivity contribution >= 4 is 21.8 Å². The molecule has 0 spiro atoms. The topological polar surface area (TPSA) is 30.7 Å². The summed E-state index contributed by atoms with van der Waals surface area (Å²) in [6.45, 7) is 2.03. The summed E-state index contributed by atoms with van der Waals surface area (Å²) >= 11 is 0. The Bertz CT molecular complexity index is 1850. The Labute approximate surface area is 221 Å². The van der Waals surface area contributed by atoms with Gasteiger partial charge in [-0.05, 0) is 48.4 Å². The van der Waals surface area contributed by atoms with Gasteiger partial charge in [-0.1, -0.05) is 103 Å². The molecule has 0 bridgehead atoms. The van der Waals surface area contributed by atoms with Crippen LogP contribution in [0.25, 0.3) is 61.3 Å². The minimum atomic E-state index is 0.742. The van der Waals surface area contributed by atoms with E-state index in [4.69, 9.17) is 9.97 Å². The fraction of sp³-hybridized carbons (Fsp3) is 0.0286. The number of fused-ring (bicyclic) bond motifs is 3. The van der Waals surface area contributed by atoms with Crippen LogP contribution >= 0.6 is 0 Å². The van der Waals surface area contributed by atoms with Gasteiger partial charge in [-0.2, -0.15) is 0 Å². The summed E-state index contributed by atoms with van der Waals surface area (Å²) in [5.74, 6) is 0.742.